The van der Waals surface area contributed by atoms with Gasteiger partial charge in [0.05, 0.1) is 5.02 Å². The Morgan fingerprint density at radius 2 is 1.44 bits per heavy atom. The second-order valence-corrected chi connectivity index (χ2v) is 8.80. The fourth-order valence-electron chi connectivity index (χ4n) is 2.58. The van der Waals surface area contributed by atoms with Gasteiger partial charge in [-0.15, -0.1) is 0 Å². The van der Waals surface area contributed by atoms with Gasteiger partial charge in [-0.2, -0.15) is 8.42 Å². The number of benzene rings is 3. The lowest BCUT2D eigenvalue weighted by molar-refractivity contribution is -0.139. The molecule has 0 aliphatic carbocycles. The normalized spacial score (nSPS) is 11.5. The van der Waals surface area contributed by atoms with Gasteiger partial charge in [-0.3, -0.25) is 0 Å². The lowest BCUT2D eigenvalue weighted by Crippen LogP contribution is -2.22. The van der Waals surface area contributed by atoms with Crippen LogP contribution in [0.25, 0.3) is 6.08 Å². The van der Waals surface area contributed by atoms with E-state index in [-0.39, 0.29) is 32.9 Å². The summed E-state index contributed by atoms with van der Waals surface area (Å²) in [6, 6.07) is 18.0. The van der Waals surface area contributed by atoms with Crippen molar-refractivity contribution in [1.82, 2.24) is 0 Å². The fraction of sp³-hybridized carbons (Fsp3) is 0.0435. The van der Waals surface area contributed by atoms with Crippen molar-refractivity contribution in [3.05, 3.63) is 93.3 Å². The molecule has 0 fully saturated rings. The van der Waals surface area contributed by atoms with Gasteiger partial charge in [-0.25, -0.2) is 9.59 Å². The van der Waals surface area contributed by atoms with E-state index in [1.165, 1.54) is 36.4 Å². The Balaban J connectivity index is 2.03. The third kappa shape index (κ3) is 6.50. The number of ether oxygens (including phenoxy) is 2. The Hall–Kier alpha value is -3.53. The predicted molar refractivity (Wildman–Crippen MR) is 126 cm³/mol. The number of carboxylic acids is 1. The van der Waals surface area contributed by atoms with Crippen LogP contribution in [0.5, 0.6) is 17.2 Å². The molecule has 1 N–H and O–H groups in total. The number of para-hydroxylation sites is 2. The average Bonchev–Trinajstić information content (AvgIpc) is 2.80. The van der Waals surface area contributed by atoms with E-state index in [1.54, 1.807) is 36.4 Å². The number of halogens is 2. The van der Waals surface area contributed by atoms with Crippen molar-refractivity contribution in [2.24, 2.45) is 0 Å². The molecule has 0 aliphatic rings. The zero-order valence-corrected chi connectivity index (χ0v) is 19.5. The van der Waals surface area contributed by atoms with E-state index in [2.05, 4.69) is 0 Å². The van der Waals surface area contributed by atoms with Crippen LogP contribution in [0.2, 0.25) is 10.0 Å². The second kappa shape index (κ2) is 11.1. The third-order valence-corrected chi connectivity index (χ3v) is 6.20. The first-order chi connectivity index (χ1) is 16.2. The van der Waals surface area contributed by atoms with E-state index in [4.69, 9.17) is 42.0 Å². The van der Waals surface area contributed by atoms with E-state index in [9.17, 15) is 18.0 Å². The lowest BCUT2D eigenvalue weighted by atomic mass is 10.2. The van der Waals surface area contributed by atoms with E-state index in [0.717, 1.165) is 6.08 Å². The lowest BCUT2D eigenvalue weighted by Gasteiger charge is -2.12. The molecule has 0 heterocycles. The number of rotatable bonds is 9. The van der Waals surface area contributed by atoms with Gasteiger partial charge in [0.15, 0.2) is 11.5 Å². The number of hydrogen-bond donors (Lipinski definition) is 1. The van der Waals surface area contributed by atoms with E-state index in [0.29, 0.717) is 0 Å². The van der Waals surface area contributed by atoms with Gasteiger partial charge in [-0.05, 0) is 48.0 Å². The molecule has 0 saturated heterocycles. The summed E-state index contributed by atoms with van der Waals surface area (Å²) in [7, 11) is -4.68. The first-order valence-corrected chi connectivity index (χ1v) is 11.6. The summed E-state index contributed by atoms with van der Waals surface area (Å²) in [4.78, 5) is 22.8. The molecule has 0 radical (unpaired) electrons. The Morgan fingerprint density at radius 1 is 0.853 bits per heavy atom. The van der Waals surface area contributed by atoms with Gasteiger partial charge in [0.2, 0.25) is 0 Å². The predicted octanol–water partition coefficient (Wildman–Crippen LogP) is 4.81. The number of carbonyl (C=O) groups excluding carboxylic acids is 1. The maximum absolute atomic E-state index is 13.0. The Morgan fingerprint density at radius 3 is 2.03 bits per heavy atom. The zero-order valence-electron chi connectivity index (χ0n) is 17.2. The summed E-state index contributed by atoms with van der Waals surface area (Å²) in [5.41, 5.74) is 0.0228. The minimum atomic E-state index is -4.68. The SMILES string of the molecule is O=C(O)COc1ccc(/C=C(/C(=O)Oc2ccccc2)S(=O)(=O)Oc2ccccc2)c(Cl)c1Cl. The summed E-state index contributed by atoms with van der Waals surface area (Å²) in [6.07, 6.45) is 0.943. The van der Waals surface area contributed by atoms with Crippen molar-refractivity contribution in [3.63, 3.8) is 0 Å². The van der Waals surface area contributed by atoms with Crippen LogP contribution in [0.1, 0.15) is 5.56 Å². The van der Waals surface area contributed by atoms with Crippen LogP contribution in [0, 0.1) is 0 Å². The average molecular weight is 523 g/mol. The molecule has 0 saturated carbocycles. The van der Waals surface area contributed by atoms with E-state index < -0.39 is 33.6 Å². The number of aliphatic carboxylic acids is 1. The molecule has 0 spiro atoms. The van der Waals surface area contributed by atoms with Crippen molar-refractivity contribution >= 4 is 51.3 Å². The molecule has 0 aliphatic heterocycles. The number of carbonyl (C=O) groups is 2. The zero-order chi connectivity index (χ0) is 24.7. The highest BCUT2D eigenvalue weighted by molar-refractivity contribution is 7.92. The van der Waals surface area contributed by atoms with Crippen LogP contribution in [0.3, 0.4) is 0 Å². The number of carboxylic acid groups (broad SMARTS) is 1. The van der Waals surface area contributed by atoms with Crippen molar-refractivity contribution in [2.75, 3.05) is 6.61 Å². The monoisotopic (exact) mass is 522 g/mol. The summed E-state index contributed by atoms with van der Waals surface area (Å²) in [5.74, 6) is -2.41. The summed E-state index contributed by atoms with van der Waals surface area (Å²) in [5, 5.41) is 8.41. The van der Waals surface area contributed by atoms with Gasteiger partial charge in [-0.1, -0.05) is 59.6 Å². The van der Waals surface area contributed by atoms with Crippen LogP contribution in [-0.2, 0) is 19.7 Å². The summed E-state index contributed by atoms with van der Waals surface area (Å²) >= 11 is 12.4. The first-order valence-electron chi connectivity index (χ1n) is 9.48. The number of esters is 1. The van der Waals surface area contributed by atoms with Gasteiger partial charge >= 0.3 is 22.1 Å². The van der Waals surface area contributed by atoms with Gasteiger partial charge < -0.3 is 18.8 Å². The molecule has 3 aromatic rings. The van der Waals surface area contributed by atoms with E-state index in [1.807, 2.05) is 0 Å². The molecule has 0 atom stereocenters. The van der Waals surface area contributed by atoms with Crippen molar-refractivity contribution < 1.29 is 36.8 Å². The van der Waals surface area contributed by atoms with Crippen molar-refractivity contribution in [3.8, 4) is 17.2 Å². The van der Waals surface area contributed by atoms with Crippen LogP contribution >= 0.6 is 23.2 Å². The standard InChI is InChI=1S/C23H16Cl2O8S/c24-21-15(11-12-18(22(21)25)31-14-20(26)27)13-19(23(28)32-16-7-3-1-4-8-16)34(29,30)33-17-9-5-2-6-10-17/h1-13H,14H2,(H,26,27)/b19-13-. The Bertz CT molecular complexity index is 1320. The summed E-state index contributed by atoms with van der Waals surface area (Å²) in [6.45, 7) is -0.667. The van der Waals surface area contributed by atoms with E-state index >= 15 is 0 Å². The highest BCUT2D eigenvalue weighted by Crippen LogP contribution is 2.36. The molecule has 0 unspecified atom stereocenters. The van der Waals surface area contributed by atoms with Crippen molar-refractivity contribution in [1.29, 1.82) is 0 Å². The Labute approximate surface area is 205 Å². The molecule has 0 amide bonds. The van der Waals surface area contributed by atoms with Crippen molar-refractivity contribution in [2.45, 2.75) is 0 Å². The van der Waals surface area contributed by atoms with Gasteiger partial charge in [0.25, 0.3) is 0 Å². The van der Waals surface area contributed by atoms with Crippen LogP contribution in [0.15, 0.2) is 77.7 Å². The molecule has 0 bridgehead atoms. The fourth-order valence-corrected chi connectivity index (χ4v) is 3.99. The molecule has 11 heteroatoms. The quantitative estimate of drug-likeness (QED) is 0.184. The molecular weight excluding hydrogens is 507 g/mol. The smallest absolute Gasteiger partial charge is 0.358 e. The number of hydrogen-bond acceptors (Lipinski definition) is 7. The molecule has 0 aromatic heterocycles. The maximum atomic E-state index is 13.0. The topological polar surface area (TPSA) is 116 Å². The maximum Gasteiger partial charge on any atom is 0.358 e. The third-order valence-electron chi connectivity index (χ3n) is 4.09. The molecule has 176 valence electrons. The second-order valence-electron chi connectivity index (χ2n) is 6.52. The molecular formula is C23H16Cl2O8S. The Kier molecular flexibility index (Phi) is 8.17. The minimum Gasteiger partial charge on any atom is -0.480 e. The van der Waals surface area contributed by atoms with Crippen LogP contribution in [0.4, 0.5) is 0 Å². The molecule has 3 rings (SSSR count). The highest BCUT2D eigenvalue weighted by atomic mass is 35.5. The minimum absolute atomic E-state index is 0.0228. The summed E-state index contributed by atoms with van der Waals surface area (Å²) < 4.78 is 41.4. The van der Waals surface area contributed by atoms with Gasteiger partial charge in [0, 0.05) is 0 Å². The van der Waals surface area contributed by atoms with Crippen LogP contribution in [-0.4, -0.2) is 32.1 Å². The molecule has 3 aromatic carbocycles. The largest absolute Gasteiger partial charge is 0.480 e. The van der Waals surface area contributed by atoms with Crippen LogP contribution < -0.4 is 13.7 Å². The molecule has 8 nitrogen and oxygen atoms in total. The first kappa shape index (κ1) is 25.1. The van der Waals surface area contributed by atoms with Gasteiger partial charge in [0.1, 0.15) is 22.3 Å². The molecule has 34 heavy (non-hydrogen) atoms. The highest BCUT2D eigenvalue weighted by Gasteiger charge is 2.30.